The number of nitrogen functional groups attached to an aromatic ring is 1. The SMILES string of the molecule is CC(C)NC(=O)c1ccc(F)c(-c2ccc(N)c(C(=O)Cc3cnccc3N3CCCC(O)(C(F)(F)F)C3)n2)c1. The van der Waals surface area contributed by atoms with Crippen LogP contribution in [0.1, 0.15) is 53.1 Å². The molecule has 1 atom stereocenters. The molecular weight excluding hydrogens is 530 g/mol. The zero-order valence-corrected chi connectivity index (χ0v) is 21.9. The summed E-state index contributed by atoms with van der Waals surface area (Å²) in [5, 5.41) is 13.0. The van der Waals surface area contributed by atoms with Gasteiger partial charge in [0, 0.05) is 53.8 Å². The van der Waals surface area contributed by atoms with Crippen LogP contribution in [0.2, 0.25) is 0 Å². The molecule has 1 saturated heterocycles. The van der Waals surface area contributed by atoms with Gasteiger partial charge in [0.15, 0.2) is 11.4 Å². The van der Waals surface area contributed by atoms with Crippen molar-refractivity contribution >= 4 is 23.1 Å². The molecule has 212 valence electrons. The first-order valence-electron chi connectivity index (χ1n) is 12.7. The summed E-state index contributed by atoms with van der Waals surface area (Å²) < 4.78 is 55.3. The van der Waals surface area contributed by atoms with Crippen molar-refractivity contribution in [2.45, 2.75) is 50.9 Å². The lowest BCUT2D eigenvalue weighted by Gasteiger charge is -2.41. The number of hydrogen-bond donors (Lipinski definition) is 3. The Balaban J connectivity index is 1.62. The smallest absolute Gasteiger partial charge is 0.397 e. The number of pyridine rings is 2. The third-order valence-electron chi connectivity index (χ3n) is 6.68. The minimum absolute atomic E-state index is 0.00715. The number of rotatable bonds is 7. The normalized spacial score (nSPS) is 17.6. The van der Waals surface area contributed by atoms with Gasteiger partial charge in [0.2, 0.25) is 0 Å². The topological polar surface area (TPSA) is 121 Å². The summed E-state index contributed by atoms with van der Waals surface area (Å²) in [6, 6.07) is 7.98. The van der Waals surface area contributed by atoms with E-state index in [4.69, 9.17) is 5.73 Å². The van der Waals surface area contributed by atoms with E-state index in [9.17, 15) is 32.3 Å². The zero-order valence-electron chi connectivity index (χ0n) is 21.9. The number of benzene rings is 1. The van der Waals surface area contributed by atoms with Crippen LogP contribution in [0.4, 0.5) is 28.9 Å². The van der Waals surface area contributed by atoms with Crippen LogP contribution in [-0.2, 0) is 6.42 Å². The second-order valence-electron chi connectivity index (χ2n) is 10.1. The van der Waals surface area contributed by atoms with Crippen LogP contribution in [0.5, 0.6) is 0 Å². The molecule has 8 nitrogen and oxygen atoms in total. The van der Waals surface area contributed by atoms with E-state index in [1.54, 1.807) is 13.8 Å². The van der Waals surface area contributed by atoms with E-state index in [2.05, 4.69) is 15.3 Å². The van der Waals surface area contributed by atoms with Crippen LogP contribution < -0.4 is 16.0 Å². The standard InChI is InChI=1S/C28H29F4N5O3/c1-16(2)35-26(39)17-4-5-20(29)19(12-17)22-7-6-21(33)25(36-22)24(38)13-18-14-34-10-8-23(18)37-11-3-9-27(40,15-37)28(30,31)32/h4-8,10,12,14,16,40H,3,9,11,13,15,33H2,1-2H3,(H,35,39). The number of hydrogen-bond acceptors (Lipinski definition) is 7. The molecule has 0 aliphatic carbocycles. The second kappa shape index (κ2) is 11.2. The Morgan fingerprint density at radius 1 is 1.20 bits per heavy atom. The number of carbonyl (C=O) groups is 2. The average Bonchev–Trinajstić information content (AvgIpc) is 2.88. The first kappa shape index (κ1) is 28.9. The number of nitrogens with two attached hydrogens (primary N) is 1. The molecule has 12 heteroatoms. The molecule has 40 heavy (non-hydrogen) atoms. The maximum atomic E-state index is 14.8. The minimum Gasteiger partial charge on any atom is -0.397 e. The molecule has 0 saturated carbocycles. The fourth-order valence-corrected chi connectivity index (χ4v) is 4.65. The van der Waals surface area contributed by atoms with Gasteiger partial charge in [-0.2, -0.15) is 13.2 Å². The fraction of sp³-hybridized carbons (Fsp3) is 0.357. The van der Waals surface area contributed by atoms with Crippen molar-refractivity contribution in [1.82, 2.24) is 15.3 Å². The van der Waals surface area contributed by atoms with Gasteiger partial charge in [-0.15, -0.1) is 0 Å². The van der Waals surface area contributed by atoms with Gasteiger partial charge in [0.1, 0.15) is 11.5 Å². The number of piperidine rings is 1. The Morgan fingerprint density at radius 2 is 1.95 bits per heavy atom. The lowest BCUT2D eigenvalue weighted by molar-refractivity contribution is -0.261. The molecule has 1 amide bonds. The van der Waals surface area contributed by atoms with Crippen LogP contribution in [0.15, 0.2) is 48.8 Å². The van der Waals surface area contributed by atoms with E-state index in [0.29, 0.717) is 11.3 Å². The Hall–Kier alpha value is -4.06. The van der Waals surface area contributed by atoms with Gasteiger partial charge in [0.05, 0.1) is 17.9 Å². The van der Waals surface area contributed by atoms with Crippen LogP contribution in [0.3, 0.4) is 0 Å². The third kappa shape index (κ3) is 6.06. The molecule has 2 aromatic heterocycles. The number of halogens is 4. The van der Waals surface area contributed by atoms with Gasteiger partial charge < -0.3 is 21.1 Å². The highest BCUT2D eigenvalue weighted by atomic mass is 19.4. The number of β-amino-alcohol motifs (C(OH)–C–C–N with tert-alkyl or cyclic N) is 1. The van der Waals surface area contributed by atoms with E-state index in [0.717, 1.165) is 6.07 Å². The monoisotopic (exact) mass is 559 g/mol. The highest BCUT2D eigenvalue weighted by Gasteiger charge is 2.55. The first-order valence-corrected chi connectivity index (χ1v) is 12.7. The molecule has 3 aromatic rings. The number of carbonyl (C=O) groups excluding carboxylic acids is 2. The second-order valence-corrected chi connectivity index (χ2v) is 10.1. The summed E-state index contributed by atoms with van der Waals surface area (Å²) >= 11 is 0. The Labute approximate surface area is 228 Å². The van der Waals surface area contributed by atoms with Gasteiger partial charge in [0.25, 0.3) is 5.91 Å². The van der Waals surface area contributed by atoms with Crippen molar-refractivity contribution in [3.05, 3.63) is 71.4 Å². The first-order chi connectivity index (χ1) is 18.8. The molecule has 1 aliphatic rings. The maximum absolute atomic E-state index is 14.8. The van der Waals surface area contributed by atoms with Crippen molar-refractivity contribution in [3.8, 4) is 11.3 Å². The van der Waals surface area contributed by atoms with Crippen molar-refractivity contribution in [2.24, 2.45) is 0 Å². The zero-order chi connectivity index (χ0) is 29.2. The molecule has 0 radical (unpaired) electrons. The minimum atomic E-state index is -4.81. The van der Waals surface area contributed by atoms with Gasteiger partial charge in [-0.3, -0.25) is 14.6 Å². The quantitative estimate of drug-likeness (QED) is 0.291. The van der Waals surface area contributed by atoms with Gasteiger partial charge in [-0.25, -0.2) is 9.37 Å². The van der Waals surface area contributed by atoms with E-state index in [-0.39, 0.29) is 53.6 Å². The van der Waals surface area contributed by atoms with Crippen molar-refractivity contribution < 1.29 is 32.3 Å². The lowest BCUT2D eigenvalue weighted by atomic mass is 9.91. The molecule has 1 aromatic carbocycles. The predicted molar refractivity (Wildman–Crippen MR) is 141 cm³/mol. The van der Waals surface area contributed by atoms with E-state index in [1.165, 1.54) is 47.6 Å². The van der Waals surface area contributed by atoms with Crippen LogP contribution in [0.25, 0.3) is 11.3 Å². The Morgan fingerprint density at radius 3 is 2.65 bits per heavy atom. The number of alkyl halides is 3. The maximum Gasteiger partial charge on any atom is 0.418 e. The van der Waals surface area contributed by atoms with Crippen molar-refractivity contribution in [2.75, 3.05) is 23.7 Å². The molecule has 0 spiro atoms. The molecule has 0 bridgehead atoms. The van der Waals surface area contributed by atoms with Gasteiger partial charge in [-0.1, -0.05) is 0 Å². The molecule has 1 fully saturated rings. The van der Waals surface area contributed by atoms with Crippen LogP contribution in [-0.4, -0.2) is 57.7 Å². The fourth-order valence-electron chi connectivity index (χ4n) is 4.65. The van der Waals surface area contributed by atoms with E-state index >= 15 is 0 Å². The number of anilines is 2. The van der Waals surface area contributed by atoms with Gasteiger partial charge >= 0.3 is 6.18 Å². The number of aliphatic hydroxyl groups is 1. The number of nitrogens with zero attached hydrogens (tertiary/aromatic N) is 3. The van der Waals surface area contributed by atoms with E-state index in [1.807, 2.05) is 0 Å². The summed E-state index contributed by atoms with van der Waals surface area (Å²) in [4.78, 5) is 35.5. The molecule has 1 unspecified atom stereocenters. The summed E-state index contributed by atoms with van der Waals surface area (Å²) in [6.07, 6.45) is -2.67. The molecule has 4 rings (SSSR count). The number of nitrogens with one attached hydrogen (secondary N) is 1. The summed E-state index contributed by atoms with van der Waals surface area (Å²) in [6.45, 7) is 3.14. The highest BCUT2D eigenvalue weighted by Crippen LogP contribution is 2.39. The van der Waals surface area contributed by atoms with Crippen LogP contribution in [0, 0.1) is 5.82 Å². The molecule has 1 aliphatic heterocycles. The molecule has 3 heterocycles. The van der Waals surface area contributed by atoms with Gasteiger partial charge in [-0.05, 0) is 63.1 Å². The van der Waals surface area contributed by atoms with E-state index < -0.39 is 42.3 Å². The van der Waals surface area contributed by atoms with Crippen LogP contribution >= 0.6 is 0 Å². The number of Topliss-reactive ketones (excluding diaryl/α,β-unsaturated/α-hetero) is 1. The summed E-state index contributed by atoms with van der Waals surface area (Å²) in [5.74, 6) is -1.62. The number of amides is 1. The number of ketones is 1. The summed E-state index contributed by atoms with van der Waals surface area (Å²) in [5.41, 5.74) is 3.95. The largest absolute Gasteiger partial charge is 0.418 e. The lowest BCUT2D eigenvalue weighted by Crippen LogP contribution is -2.57. The molecule has 4 N–H and O–H groups in total. The highest BCUT2D eigenvalue weighted by molar-refractivity contribution is 6.01. The predicted octanol–water partition coefficient (Wildman–Crippen LogP) is 4.32. The Bertz CT molecular complexity index is 1430. The molecular formula is C28H29F4N5O3. The number of aromatic nitrogens is 2. The summed E-state index contributed by atoms with van der Waals surface area (Å²) in [7, 11) is 0. The van der Waals surface area contributed by atoms with Crippen molar-refractivity contribution in [1.29, 1.82) is 0 Å². The van der Waals surface area contributed by atoms with Crippen molar-refractivity contribution in [3.63, 3.8) is 0 Å². The average molecular weight is 560 g/mol. The third-order valence-corrected chi connectivity index (χ3v) is 6.68. The Kier molecular flexibility index (Phi) is 8.10.